The Labute approximate surface area is 73.7 Å². The molecule has 0 unspecified atom stereocenters. The number of benzene rings is 1. The Hall–Kier alpha value is -1.36. The van der Waals surface area contributed by atoms with Crippen LogP contribution in [0.2, 0.25) is 0 Å². The molecule has 62 valence electrons. The first-order valence-electron chi connectivity index (χ1n) is 3.19. The molecule has 0 heterocycles. The number of nitrogens with zero attached hydrogens (tertiary/aromatic N) is 2. The molecule has 12 heavy (non-hydrogen) atoms. The predicted octanol–water partition coefficient (Wildman–Crippen LogP) is 1.95. The minimum atomic E-state index is -0.556. The Morgan fingerprint density at radius 1 is 1.42 bits per heavy atom. The third-order valence-electron chi connectivity index (χ3n) is 1.12. The highest BCUT2D eigenvalue weighted by Crippen LogP contribution is 2.02. The molecule has 1 rings (SSSR count). The van der Waals surface area contributed by atoms with E-state index in [0.29, 0.717) is 12.1 Å². The highest BCUT2D eigenvalue weighted by atomic mass is 32.2. The molecule has 0 aromatic heterocycles. The maximum Gasteiger partial charge on any atom is 0.376 e. The summed E-state index contributed by atoms with van der Waals surface area (Å²) in [6.45, 7) is 0. The fourth-order valence-electron chi connectivity index (χ4n) is 0.662. The third-order valence-corrected chi connectivity index (χ3v) is 1.45. The van der Waals surface area contributed by atoms with E-state index in [-0.39, 0.29) is 0 Å². The Bertz CT molecular complexity index is 287. The lowest BCUT2D eigenvalue weighted by molar-refractivity contribution is -0.284. The molecule has 0 fully saturated rings. The molecule has 0 saturated carbocycles. The van der Waals surface area contributed by atoms with Gasteiger partial charge < -0.3 is 0 Å². The lowest BCUT2D eigenvalue weighted by atomic mass is 10.2. The lowest BCUT2D eigenvalue weighted by Crippen LogP contribution is -1.81. The summed E-state index contributed by atoms with van der Waals surface area (Å²) >= 11 is 0.318. The number of hydrogen-bond donors (Lipinski definition) is 0. The first kappa shape index (κ1) is 8.73. The van der Waals surface area contributed by atoms with E-state index < -0.39 is 4.33 Å². The maximum absolute atomic E-state index is 9.84. The number of hydrogen-bond acceptors (Lipinski definition) is 4. The van der Waals surface area contributed by atoms with Crippen molar-refractivity contribution in [3.05, 3.63) is 46.0 Å². The molecule has 0 aliphatic heterocycles. The van der Waals surface area contributed by atoms with E-state index in [1.54, 1.807) is 0 Å². The summed E-state index contributed by atoms with van der Waals surface area (Å²) in [6.07, 6.45) is 1.45. The molecule has 0 N–H and O–H groups in total. The zero-order chi connectivity index (χ0) is 8.81. The molecule has 5 heteroatoms. The summed E-state index contributed by atoms with van der Waals surface area (Å²) in [7, 11) is 0. The Morgan fingerprint density at radius 3 is 2.67 bits per heavy atom. The second-order valence-electron chi connectivity index (χ2n) is 1.95. The maximum atomic E-state index is 9.84. The van der Waals surface area contributed by atoms with Crippen LogP contribution in [0.3, 0.4) is 0 Å². The Kier molecular flexibility index (Phi) is 3.28. The van der Waals surface area contributed by atoms with Crippen LogP contribution in [0, 0.1) is 10.1 Å². The summed E-state index contributed by atoms with van der Waals surface area (Å²) in [6, 6.07) is 9.21. The van der Waals surface area contributed by atoms with Gasteiger partial charge in [-0.3, -0.25) is 0 Å². The standard InChI is InChI=1S/C7H6N2O2S/c10-9(11)12-8-6-7-4-2-1-3-5-7/h1-6H. The van der Waals surface area contributed by atoms with E-state index in [1.165, 1.54) is 6.21 Å². The van der Waals surface area contributed by atoms with Crippen molar-refractivity contribution in [2.24, 2.45) is 4.40 Å². The van der Waals surface area contributed by atoms with Gasteiger partial charge in [-0.25, -0.2) is 10.1 Å². The molecule has 0 bridgehead atoms. The molecular weight excluding hydrogens is 176 g/mol. The molecule has 0 aliphatic rings. The van der Waals surface area contributed by atoms with Gasteiger partial charge in [-0.05, 0) is 5.56 Å². The van der Waals surface area contributed by atoms with Crippen molar-refractivity contribution in [2.75, 3.05) is 0 Å². The summed E-state index contributed by atoms with van der Waals surface area (Å²) in [4.78, 5) is 9.84. The zero-order valence-corrected chi connectivity index (χ0v) is 6.90. The highest BCUT2D eigenvalue weighted by Gasteiger charge is 1.93. The molecule has 1 aromatic rings. The average molecular weight is 182 g/mol. The highest BCUT2D eigenvalue weighted by molar-refractivity contribution is 7.92. The minimum absolute atomic E-state index is 0.318. The zero-order valence-electron chi connectivity index (χ0n) is 6.08. The van der Waals surface area contributed by atoms with Gasteiger partial charge in [0.15, 0.2) is 0 Å². The van der Waals surface area contributed by atoms with Crippen LogP contribution >= 0.6 is 12.1 Å². The largest absolute Gasteiger partial charge is 0.376 e. The smallest absolute Gasteiger partial charge is 0.249 e. The SMILES string of the molecule is O=[N+]([O-])SN=Cc1ccccc1. The van der Waals surface area contributed by atoms with Crippen molar-refractivity contribution >= 4 is 18.3 Å². The van der Waals surface area contributed by atoms with E-state index in [1.807, 2.05) is 30.3 Å². The van der Waals surface area contributed by atoms with Crippen LogP contribution in [0.5, 0.6) is 0 Å². The van der Waals surface area contributed by atoms with Crippen LogP contribution in [-0.2, 0) is 0 Å². The van der Waals surface area contributed by atoms with Crippen molar-refractivity contribution in [3.63, 3.8) is 0 Å². The van der Waals surface area contributed by atoms with Crippen molar-refractivity contribution in [3.8, 4) is 0 Å². The van der Waals surface area contributed by atoms with E-state index in [2.05, 4.69) is 4.40 Å². The fourth-order valence-corrected chi connectivity index (χ4v) is 0.908. The third kappa shape index (κ3) is 3.16. The second kappa shape index (κ2) is 4.50. The molecule has 0 spiro atoms. The Morgan fingerprint density at radius 2 is 2.08 bits per heavy atom. The van der Waals surface area contributed by atoms with Gasteiger partial charge in [0, 0.05) is 6.21 Å². The lowest BCUT2D eigenvalue weighted by Gasteiger charge is -1.86. The molecule has 0 aliphatic carbocycles. The molecule has 0 amide bonds. The fraction of sp³-hybridized carbons (Fsp3) is 0. The summed E-state index contributed by atoms with van der Waals surface area (Å²) in [5.74, 6) is 0. The molecule has 0 saturated heterocycles. The quantitative estimate of drug-likeness (QED) is 0.310. The Balaban J connectivity index is 2.52. The van der Waals surface area contributed by atoms with Crippen molar-refractivity contribution in [1.29, 1.82) is 0 Å². The van der Waals surface area contributed by atoms with E-state index in [9.17, 15) is 10.1 Å². The van der Waals surface area contributed by atoms with Crippen LogP contribution in [0.25, 0.3) is 0 Å². The van der Waals surface area contributed by atoms with Gasteiger partial charge in [-0.2, -0.15) is 4.40 Å². The van der Waals surface area contributed by atoms with Crippen molar-refractivity contribution < 1.29 is 4.33 Å². The van der Waals surface area contributed by atoms with Gasteiger partial charge in [0.25, 0.3) is 0 Å². The van der Waals surface area contributed by atoms with Gasteiger partial charge in [0.1, 0.15) is 4.33 Å². The van der Waals surface area contributed by atoms with Gasteiger partial charge >= 0.3 is 12.1 Å². The van der Waals surface area contributed by atoms with Gasteiger partial charge in [0.2, 0.25) is 0 Å². The summed E-state index contributed by atoms with van der Waals surface area (Å²) in [5, 5.41) is 9.84. The monoisotopic (exact) mass is 182 g/mol. The van der Waals surface area contributed by atoms with Crippen LogP contribution in [0.1, 0.15) is 5.56 Å². The van der Waals surface area contributed by atoms with Crippen molar-refractivity contribution in [1.82, 2.24) is 0 Å². The van der Waals surface area contributed by atoms with E-state index in [0.717, 1.165) is 5.56 Å². The van der Waals surface area contributed by atoms with Crippen LogP contribution in [0.4, 0.5) is 0 Å². The molecule has 0 atom stereocenters. The van der Waals surface area contributed by atoms with E-state index >= 15 is 0 Å². The van der Waals surface area contributed by atoms with Crippen LogP contribution < -0.4 is 0 Å². The number of nitro groups is 1. The molecule has 4 nitrogen and oxygen atoms in total. The van der Waals surface area contributed by atoms with Gasteiger partial charge in [-0.1, -0.05) is 30.3 Å². The second-order valence-corrected chi connectivity index (χ2v) is 2.62. The van der Waals surface area contributed by atoms with Crippen LogP contribution in [0.15, 0.2) is 34.7 Å². The summed E-state index contributed by atoms with van der Waals surface area (Å²) in [5.41, 5.74) is 0.854. The van der Waals surface area contributed by atoms with Crippen LogP contribution in [-0.4, -0.2) is 10.5 Å². The van der Waals surface area contributed by atoms with Gasteiger partial charge in [0.05, 0.1) is 0 Å². The molecule has 1 aromatic carbocycles. The van der Waals surface area contributed by atoms with Gasteiger partial charge in [-0.15, -0.1) is 0 Å². The summed E-state index contributed by atoms with van der Waals surface area (Å²) < 4.78 is 2.98. The number of rotatable bonds is 3. The molecular formula is C7H6N2O2S. The van der Waals surface area contributed by atoms with E-state index in [4.69, 9.17) is 0 Å². The predicted molar refractivity (Wildman–Crippen MR) is 48.6 cm³/mol. The van der Waals surface area contributed by atoms with Crippen molar-refractivity contribution in [2.45, 2.75) is 0 Å². The first-order chi connectivity index (χ1) is 5.79. The average Bonchev–Trinajstić information content (AvgIpc) is 2.05. The minimum Gasteiger partial charge on any atom is -0.249 e. The topological polar surface area (TPSA) is 55.5 Å². The normalized spacial score (nSPS) is 10.3. The first-order valence-corrected chi connectivity index (χ1v) is 3.92. The molecule has 0 radical (unpaired) electrons.